The molecule has 2 N–H and O–H groups in total. The second kappa shape index (κ2) is 9.84. The molecule has 10 heteroatoms. The summed E-state index contributed by atoms with van der Waals surface area (Å²) < 4.78 is 0.896. The maximum absolute atomic E-state index is 12.8. The highest BCUT2D eigenvalue weighted by molar-refractivity contribution is 9.10. The fourth-order valence-corrected chi connectivity index (χ4v) is 3.71. The molecular formula is C19H24BrN5O4. The third-order valence-corrected chi connectivity index (χ3v) is 5.60. The lowest BCUT2D eigenvalue weighted by atomic mass is 10.1. The molecule has 0 radical (unpaired) electrons. The second-order valence-corrected chi connectivity index (χ2v) is 7.99. The highest BCUT2D eigenvalue weighted by atomic mass is 79.9. The van der Waals surface area contributed by atoms with E-state index in [9.17, 15) is 19.2 Å². The number of nitrogens with one attached hydrogen (secondary N) is 2. The number of piperazine rings is 2. The lowest BCUT2D eigenvalue weighted by molar-refractivity contribution is -0.145. The van der Waals surface area contributed by atoms with Crippen LogP contribution < -0.4 is 10.6 Å². The van der Waals surface area contributed by atoms with Crippen molar-refractivity contribution in [3.8, 4) is 0 Å². The minimum atomic E-state index is -0.831. The van der Waals surface area contributed by atoms with Gasteiger partial charge in [0.25, 0.3) is 0 Å². The van der Waals surface area contributed by atoms with Crippen LogP contribution in [-0.4, -0.2) is 90.7 Å². The molecule has 0 saturated carbocycles. The summed E-state index contributed by atoms with van der Waals surface area (Å²) in [5.74, 6) is -0.825. The van der Waals surface area contributed by atoms with Crippen LogP contribution in [0.4, 0.5) is 5.69 Å². The van der Waals surface area contributed by atoms with Gasteiger partial charge in [-0.1, -0.05) is 15.9 Å². The number of hydrogen-bond donors (Lipinski definition) is 2. The van der Waals surface area contributed by atoms with Gasteiger partial charge >= 0.3 is 0 Å². The molecule has 3 rings (SSSR count). The number of amides is 4. The molecule has 156 valence electrons. The number of hydrogen-bond acceptors (Lipinski definition) is 5. The van der Waals surface area contributed by atoms with E-state index in [0.29, 0.717) is 45.0 Å². The highest BCUT2D eigenvalue weighted by Crippen LogP contribution is 2.16. The molecule has 0 aromatic heterocycles. The van der Waals surface area contributed by atoms with Gasteiger partial charge in [-0.15, -0.1) is 0 Å². The van der Waals surface area contributed by atoms with Crippen LogP contribution in [0.25, 0.3) is 0 Å². The summed E-state index contributed by atoms with van der Waals surface area (Å²) in [4.78, 5) is 53.6. The molecule has 9 nitrogen and oxygen atoms in total. The van der Waals surface area contributed by atoms with Crippen LogP contribution in [0.2, 0.25) is 0 Å². The first kappa shape index (κ1) is 21.3. The number of nitrogens with zero attached hydrogens (tertiary/aromatic N) is 3. The summed E-state index contributed by atoms with van der Waals surface area (Å²) in [5.41, 5.74) is 0.625. The lowest BCUT2D eigenvalue weighted by Gasteiger charge is -2.37. The number of carbonyl (C=O) groups is 4. The van der Waals surface area contributed by atoms with Crippen molar-refractivity contribution in [3.05, 3.63) is 28.7 Å². The van der Waals surface area contributed by atoms with Crippen molar-refractivity contribution in [1.82, 2.24) is 20.0 Å². The summed E-state index contributed by atoms with van der Waals surface area (Å²) in [6, 6.07) is 6.30. The molecule has 2 saturated heterocycles. The van der Waals surface area contributed by atoms with Crippen molar-refractivity contribution in [2.75, 3.05) is 51.1 Å². The lowest BCUT2D eigenvalue weighted by Crippen LogP contribution is -2.60. The van der Waals surface area contributed by atoms with E-state index in [1.165, 1.54) is 4.90 Å². The van der Waals surface area contributed by atoms with Crippen LogP contribution >= 0.6 is 15.9 Å². The molecule has 4 amide bonds. The van der Waals surface area contributed by atoms with Gasteiger partial charge < -0.3 is 20.4 Å². The van der Waals surface area contributed by atoms with E-state index < -0.39 is 6.04 Å². The Kier molecular flexibility index (Phi) is 7.21. The monoisotopic (exact) mass is 465 g/mol. The molecule has 0 spiro atoms. The fourth-order valence-electron chi connectivity index (χ4n) is 3.45. The van der Waals surface area contributed by atoms with Crippen molar-refractivity contribution in [1.29, 1.82) is 0 Å². The Morgan fingerprint density at radius 1 is 1.14 bits per heavy atom. The second-order valence-electron chi connectivity index (χ2n) is 7.07. The van der Waals surface area contributed by atoms with E-state index in [2.05, 4.69) is 26.6 Å². The maximum Gasteiger partial charge on any atom is 0.243 e. The summed E-state index contributed by atoms with van der Waals surface area (Å²) in [5, 5.41) is 5.49. The number of carbonyl (C=O) groups excluding carboxylic acids is 4. The first-order valence-electron chi connectivity index (χ1n) is 9.50. The van der Waals surface area contributed by atoms with Gasteiger partial charge in [-0.25, -0.2) is 0 Å². The van der Waals surface area contributed by atoms with E-state index >= 15 is 0 Å². The average molecular weight is 466 g/mol. The average Bonchev–Trinajstić information content (AvgIpc) is 2.71. The summed E-state index contributed by atoms with van der Waals surface area (Å²) >= 11 is 3.34. The number of benzene rings is 1. The van der Waals surface area contributed by atoms with Gasteiger partial charge in [0.15, 0.2) is 0 Å². The molecule has 0 bridgehead atoms. The Morgan fingerprint density at radius 2 is 1.83 bits per heavy atom. The van der Waals surface area contributed by atoms with Crippen molar-refractivity contribution in [3.63, 3.8) is 0 Å². The normalized spacial score (nSPS) is 20.2. The standard InChI is InChI=1S/C19H24BrN5O4/c20-14-1-3-15(4-2-14)22-17(27)11-16-19(29)21-5-6-25(16)18(28)12-23-7-9-24(13-26)10-8-23/h1-4,13,16H,5-12H2,(H,21,29)(H,22,27)/t16-/m1/s1. The Balaban J connectivity index is 1.58. The van der Waals surface area contributed by atoms with Gasteiger partial charge in [0, 0.05) is 49.4 Å². The molecule has 1 aromatic rings. The third-order valence-electron chi connectivity index (χ3n) is 5.07. The fraction of sp³-hybridized carbons (Fsp3) is 0.474. The molecule has 1 aromatic carbocycles. The zero-order valence-electron chi connectivity index (χ0n) is 16.0. The van der Waals surface area contributed by atoms with E-state index in [-0.39, 0.29) is 30.7 Å². The largest absolute Gasteiger partial charge is 0.353 e. The minimum Gasteiger partial charge on any atom is -0.353 e. The van der Waals surface area contributed by atoms with Crippen molar-refractivity contribution in [2.24, 2.45) is 0 Å². The van der Waals surface area contributed by atoms with Crippen LogP contribution in [-0.2, 0) is 19.2 Å². The molecule has 2 aliphatic rings. The molecule has 2 aliphatic heterocycles. The summed E-state index contributed by atoms with van der Waals surface area (Å²) in [6.07, 6.45) is 0.709. The number of rotatable bonds is 6. The molecule has 2 heterocycles. The number of halogens is 1. The van der Waals surface area contributed by atoms with Gasteiger partial charge in [0.05, 0.1) is 13.0 Å². The SMILES string of the molecule is O=CN1CCN(CC(=O)N2CCNC(=O)[C@H]2CC(=O)Nc2ccc(Br)cc2)CC1. The van der Waals surface area contributed by atoms with Crippen LogP contribution in [0.15, 0.2) is 28.7 Å². The van der Waals surface area contributed by atoms with E-state index in [0.717, 1.165) is 10.9 Å². The molecule has 29 heavy (non-hydrogen) atoms. The van der Waals surface area contributed by atoms with E-state index in [4.69, 9.17) is 0 Å². The third kappa shape index (κ3) is 5.77. The van der Waals surface area contributed by atoms with Gasteiger partial charge in [-0.3, -0.25) is 24.1 Å². The van der Waals surface area contributed by atoms with E-state index in [1.807, 2.05) is 17.0 Å². The summed E-state index contributed by atoms with van der Waals surface area (Å²) in [6.45, 7) is 3.29. The van der Waals surface area contributed by atoms with Crippen molar-refractivity contribution >= 4 is 45.7 Å². The Labute approximate surface area is 177 Å². The van der Waals surface area contributed by atoms with Gasteiger partial charge in [0.2, 0.25) is 24.1 Å². The Hall–Kier alpha value is -2.46. The van der Waals surface area contributed by atoms with Gasteiger partial charge in [-0.2, -0.15) is 0 Å². The van der Waals surface area contributed by atoms with Crippen molar-refractivity contribution < 1.29 is 19.2 Å². The quantitative estimate of drug-likeness (QED) is 0.570. The smallest absolute Gasteiger partial charge is 0.243 e. The predicted molar refractivity (Wildman–Crippen MR) is 110 cm³/mol. The Bertz CT molecular complexity index is 764. The zero-order valence-corrected chi connectivity index (χ0v) is 17.6. The minimum absolute atomic E-state index is 0.105. The molecule has 0 unspecified atom stereocenters. The first-order valence-corrected chi connectivity index (χ1v) is 10.3. The topological polar surface area (TPSA) is 102 Å². The van der Waals surface area contributed by atoms with Gasteiger partial charge in [-0.05, 0) is 24.3 Å². The first-order chi connectivity index (χ1) is 14.0. The van der Waals surface area contributed by atoms with Crippen LogP contribution in [0.1, 0.15) is 6.42 Å². The molecule has 2 fully saturated rings. The van der Waals surface area contributed by atoms with Crippen molar-refractivity contribution in [2.45, 2.75) is 12.5 Å². The van der Waals surface area contributed by atoms with Crippen LogP contribution in [0.5, 0.6) is 0 Å². The van der Waals surface area contributed by atoms with Gasteiger partial charge in [0.1, 0.15) is 6.04 Å². The van der Waals surface area contributed by atoms with E-state index in [1.54, 1.807) is 17.0 Å². The molecule has 1 atom stereocenters. The summed E-state index contributed by atoms with van der Waals surface area (Å²) in [7, 11) is 0. The maximum atomic E-state index is 12.8. The highest BCUT2D eigenvalue weighted by Gasteiger charge is 2.35. The molecular weight excluding hydrogens is 442 g/mol. The predicted octanol–water partition coefficient (Wildman–Crippen LogP) is -0.121. The zero-order chi connectivity index (χ0) is 20.8. The Morgan fingerprint density at radius 3 is 2.48 bits per heavy atom. The molecule has 0 aliphatic carbocycles. The van der Waals surface area contributed by atoms with Crippen LogP contribution in [0.3, 0.4) is 0 Å². The number of anilines is 1. The van der Waals surface area contributed by atoms with Crippen LogP contribution in [0, 0.1) is 0 Å².